The van der Waals surface area contributed by atoms with Gasteiger partial charge in [0.05, 0.1) is 11.6 Å². The molecule has 0 aromatic heterocycles. The summed E-state index contributed by atoms with van der Waals surface area (Å²) in [5.41, 5.74) is 1.93. The molecule has 0 spiro atoms. The number of anilines is 1. The molecule has 1 unspecified atom stereocenters. The van der Waals surface area contributed by atoms with E-state index in [0.717, 1.165) is 25.2 Å². The molecule has 2 rings (SSSR count). The summed E-state index contributed by atoms with van der Waals surface area (Å²) in [5.74, 6) is 0. The van der Waals surface area contributed by atoms with Crippen molar-refractivity contribution in [3.8, 4) is 6.07 Å². The van der Waals surface area contributed by atoms with Crippen molar-refractivity contribution in [3.63, 3.8) is 0 Å². The molecule has 15 heavy (non-hydrogen) atoms. The van der Waals surface area contributed by atoms with Crippen LogP contribution in [-0.2, 0) is 0 Å². The fourth-order valence-corrected chi connectivity index (χ4v) is 1.91. The van der Waals surface area contributed by atoms with E-state index in [1.165, 1.54) is 5.69 Å². The average Bonchev–Trinajstić information content (AvgIpc) is 2.29. The normalized spacial score (nSPS) is 21.1. The number of piperazine rings is 1. The highest BCUT2D eigenvalue weighted by molar-refractivity contribution is 5.50. The molecule has 0 bridgehead atoms. The Balaban J connectivity index is 2.12. The van der Waals surface area contributed by atoms with Crippen molar-refractivity contribution in [2.75, 3.05) is 24.5 Å². The Hall–Kier alpha value is -1.53. The van der Waals surface area contributed by atoms with E-state index in [2.05, 4.69) is 23.2 Å². The molecule has 0 aliphatic carbocycles. The second kappa shape index (κ2) is 4.33. The molecule has 0 saturated carbocycles. The number of rotatable bonds is 1. The second-order valence-electron chi connectivity index (χ2n) is 3.96. The highest BCUT2D eigenvalue weighted by Gasteiger charge is 2.15. The predicted molar refractivity (Wildman–Crippen MR) is 60.8 cm³/mol. The first-order valence-corrected chi connectivity index (χ1v) is 5.28. The number of benzene rings is 1. The Morgan fingerprint density at radius 3 is 2.73 bits per heavy atom. The number of hydrogen-bond donors (Lipinski definition) is 1. The molecule has 1 fully saturated rings. The van der Waals surface area contributed by atoms with Crippen LogP contribution in [0.5, 0.6) is 0 Å². The first-order valence-electron chi connectivity index (χ1n) is 5.28. The van der Waals surface area contributed by atoms with Crippen LogP contribution >= 0.6 is 0 Å². The van der Waals surface area contributed by atoms with E-state index in [1.54, 1.807) is 0 Å². The molecular formula is C12H15N3. The summed E-state index contributed by atoms with van der Waals surface area (Å²) in [7, 11) is 0. The molecule has 1 aromatic rings. The van der Waals surface area contributed by atoms with Crippen LogP contribution in [0.25, 0.3) is 0 Å². The van der Waals surface area contributed by atoms with E-state index in [1.807, 2.05) is 24.3 Å². The van der Waals surface area contributed by atoms with Crippen molar-refractivity contribution in [3.05, 3.63) is 29.8 Å². The average molecular weight is 201 g/mol. The lowest BCUT2D eigenvalue weighted by molar-refractivity contribution is 0.485. The van der Waals surface area contributed by atoms with Gasteiger partial charge in [0.2, 0.25) is 0 Å². The Labute approximate surface area is 90.3 Å². The van der Waals surface area contributed by atoms with E-state index < -0.39 is 0 Å². The maximum Gasteiger partial charge on any atom is 0.0991 e. The molecule has 1 atom stereocenters. The van der Waals surface area contributed by atoms with Crippen LogP contribution in [0, 0.1) is 11.3 Å². The van der Waals surface area contributed by atoms with E-state index in [0.29, 0.717) is 6.04 Å². The highest BCUT2D eigenvalue weighted by Crippen LogP contribution is 2.16. The van der Waals surface area contributed by atoms with Crippen molar-refractivity contribution in [2.45, 2.75) is 13.0 Å². The molecule has 1 heterocycles. The van der Waals surface area contributed by atoms with Crippen LogP contribution in [0.3, 0.4) is 0 Å². The minimum atomic E-state index is 0.536. The van der Waals surface area contributed by atoms with Crippen molar-refractivity contribution in [2.24, 2.45) is 0 Å². The summed E-state index contributed by atoms with van der Waals surface area (Å²) in [6.07, 6.45) is 0. The minimum Gasteiger partial charge on any atom is -0.369 e. The van der Waals surface area contributed by atoms with E-state index in [9.17, 15) is 0 Å². The largest absolute Gasteiger partial charge is 0.369 e. The molecule has 78 valence electrons. The third-order valence-electron chi connectivity index (χ3n) is 2.73. The first kappa shape index (κ1) is 10.0. The highest BCUT2D eigenvalue weighted by atomic mass is 15.2. The van der Waals surface area contributed by atoms with Crippen molar-refractivity contribution in [1.29, 1.82) is 5.26 Å². The van der Waals surface area contributed by atoms with Crippen LogP contribution in [0.1, 0.15) is 12.5 Å². The zero-order valence-corrected chi connectivity index (χ0v) is 8.90. The van der Waals surface area contributed by atoms with Crippen molar-refractivity contribution >= 4 is 5.69 Å². The van der Waals surface area contributed by atoms with Crippen LogP contribution in [0.4, 0.5) is 5.69 Å². The van der Waals surface area contributed by atoms with E-state index >= 15 is 0 Å². The third-order valence-corrected chi connectivity index (χ3v) is 2.73. The number of nitrogens with zero attached hydrogens (tertiary/aromatic N) is 2. The lowest BCUT2D eigenvalue weighted by Gasteiger charge is -2.33. The van der Waals surface area contributed by atoms with Crippen LogP contribution in [-0.4, -0.2) is 25.7 Å². The van der Waals surface area contributed by atoms with Gasteiger partial charge in [-0.15, -0.1) is 0 Å². The molecule has 1 aliphatic rings. The lowest BCUT2D eigenvalue weighted by Crippen LogP contribution is -2.49. The number of nitrogens with one attached hydrogen (secondary N) is 1. The molecule has 1 N–H and O–H groups in total. The van der Waals surface area contributed by atoms with Crippen LogP contribution < -0.4 is 10.2 Å². The zero-order chi connectivity index (χ0) is 10.7. The number of nitriles is 1. The Morgan fingerprint density at radius 2 is 2.13 bits per heavy atom. The molecule has 3 nitrogen and oxygen atoms in total. The summed E-state index contributed by atoms with van der Waals surface area (Å²) in [4.78, 5) is 2.35. The first-order chi connectivity index (χ1) is 7.29. The van der Waals surface area contributed by atoms with Gasteiger partial charge in [0.1, 0.15) is 0 Å². The quantitative estimate of drug-likeness (QED) is 0.745. The molecule has 3 heteroatoms. The van der Waals surface area contributed by atoms with Crippen molar-refractivity contribution < 1.29 is 0 Å². The third kappa shape index (κ3) is 2.28. The van der Waals surface area contributed by atoms with Gasteiger partial charge in [0.15, 0.2) is 0 Å². The number of hydrogen-bond acceptors (Lipinski definition) is 3. The van der Waals surface area contributed by atoms with Gasteiger partial charge in [0.25, 0.3) is 0 Å². The summed E-state index contributed by atoms with van der Waals surface area (Å²) in [6.45, 7) is 5.29. The predicted octanol–water partition coefficient (Wildman–Crippen LogP) is 1.36. The van der Waals surface area contributed by atoms with Gasteiger partial charge in [-0.25, -0.2) is 0 Å². The Bertz CT molecular complexity index is 363. The molecule has 0 radical (unpaired) electrons. The van der Waals surface area contributed by atoms with Crippen LogP contribution in [0.2, 0.25) is 0 Å². The molecule has 1 aromatic carbocycles. The van der Waals surface area contributed by atoms with Gasteiger partial charge in [-0.05, 0) is 31.2 Å². The topological polar surface area (TPSA) is 39.1 Å². The maximum absolute atomic E-state index is 8.71. The Morgan fingerprint density at radius 1 is 1.40 bits per heavy atom. The fourth-order valence-electron chi connectivity index (χ4n) is 1.91. The lowest BCUT2D eigenvalue weighted by atomic mass is 10.1. The van der Waals surface area contributed by atoms with Crippen molar-refractivity contribution in [1.82, 2.24) is 5.32 Å². The van der Waals surface area contributed by atoms with E-state index in [-0.39, 0.29) is 0 Å². The Kier molecular flexibility index (Phi) is 2.89. The second-order valence-corrected chi connectivity index (χ2v) is 3.96. The van der Waals surface area contributed by atoms with Gasteiger partial charge < -0.3 is 10.2 Å². The van der Waals surface area contributed by atoms with E-state index in [4.69, 9.17) is 5.26 Å². The van der Waals surface area contributed by atoms with Gasteiger partial charge in [-0.2, -0.15) is 5.26 Å². The molecule has 1 aliphatic heterocycles. The van der Waals surface area contributed by atoms with Gasteiger partial charge in [-0.1, -0.05) is 0 Å². The summed E-state index contributed by atoms with van der Waals surface area (Å²) in [5, 5.41) is 12.1. The molecule has 1 saturated heterocycles. The molecule has 0 amide bonds. The molecular weight excluding hydrogens is 186 g/mol. The standard InChI is InChI=1S/C12H15N3/c1-10-9-15(7-6-14-10)12-4-2-11(8-13)3-5-12/h2-5,10,14H,6-7,9H2,1H3. The van der Waals surface area contributed by atoms with Gasteiger partial charge >= 0.3 is 0 Å². The monoisotopic (exact) mass is 201 g/mol. The zero-order valence-electron chi connectivity index (χ0n) is 8.90. The smallest absolute Gasteiger partial charge is 0.0991 e. The van der Waals surface area contributed by atoms with Gasteiger partial charge in [-0.3, -0.25) is 0 Å². The summed E-state index contributed by atoms with van der Waals surface area (Å²) in [6, 6.07) is 10.5. The SMILES string of the molecule is CC1CN(c2ccc(C#N)cc2)CCN1. The summed E-state index contributed by atoms with van der Waals surface area (Å²) < 4.78 is 0. The fraction of sp³-hybridized carbons (Fsp3) is 0.417. The van der Waals surface area contributed by atoms with Crippen LogP contribution in [0.15, 0.2) is 24.3 Å². The maximum atomic E-state index is 8.71. The van der Waals surface area contributed by atoms with Gasteiger partial charge in [0, 0.05) is 31.4 Å². The summed E-state index contributed by atoms with van der Waals surface area (Å²) >= 11 is 0. The minimum absolute atomic E-state index is 0.536.